The topological polar surface area (TPSA) is 50.3 Å². The molecule has 0 atom stereocenters. The van der Waals surface area contributed by atoms with Gasteiger partial charge in [-0.15, -0.1) is 0 Å². The van der Waals surface area contributed by atoms with Crippen molar-refractivity contribution in [1.29, 1.82) is 0 Å². The largest absolute Gasteiger partial charge is 0.497 e. The lowest BCUT2D eigenvalue weighted by atomic mass is 10.1. The van der Waals surface area contributed by atoms with E-state index in [4.69, 9.17) is 16.3 Å². The standard InChI is InChI=1S/C15H19ClN4O/c1-20(2)9-8-17-15-18-13(10-14(16)19-15)11-4-6-12(21-3)7-5-11/h4-7,10H,8-9H2,1-3H3,(H,17,18,19). The third-order valence-corrected chi connectivity index (χ3v) is 3.12. The first kappa shape index (κ1) is 15.5. The van der Waals surface area contributed by atoms with Crippen molar-refractivity contribution in [2.75, 3.05) is 39.6 Å². The van der Waals surface area contributed by atoms with Gasteiger partial charge in [-0.3, -0.25) is 0 Å². The Bertz CT molecular complexity index is 587. The van der Waals surface area contributed by atoms with Gasteiger partial charge in [-0.25, -0.2) is 9.97 Å². The van der Waals surface area contributed by atoms with Gasteiger partial charge in [0.1, 0.15) is 10.9 Å². The molecule has 1 aromatic heterocycles. The fraction of sp³-hybridized carbons (Fsp3) is 0.333. The second-order valence-electron chi connectivity index (χ2n) is 4.86. The molecule has 1 N–H and O–H groups in total. The minimum Gasteiger partial charge on any atom is -0.497 e. The molecule has 2 aromatic rings. The van der Waals surface area contributed by atoms with Gasteiger partial charge < -0.3 is 15.0 Å². The minimum absolute atomic E-state index is 0.420. The lowest BCUT2D eigenvalue weighted by molar-refractivity contribution is 0.415. The predicted molar refractivity (Wildman–Crippen MR) is 86.1 cm³/mol. The molecule has 0 spiro atoms. The highest BCUT2D eigenvalue weighted by atomic mass is 35.5. The molecule has 1 heterocycles. The molecule has 0 radical (unpaired) electrons. The number of aromatic nitrogens is 2. The highest BCUT2D eigenvalue weighted by Crippen LogP contribution is 2.23. The predicted octanol–water partition coefficient (Wildman–Crippen LogP) is 2.78. The molecule has 0 aliphatic rings. The SMILES string of the molecule is COc1ccc(-c2cc(Cl)nc(NCCN(C)C)n2)cc1. The Balaban J connectivity index is 2.17. The lowest BCUT2D eigenvalue weighted by Crippen LogP contribution is -2.21. The van der Waals surface area contributed by atoms with Crippen LogP contribution in [0.5, 0.6) is 5.75 Å². The molecular weight excluding hydrogens is 288 g/mol. The van der Waals surface area contributed by atoms with Crippen LogP contribution in [0.25, 0.3) is 11.3 Å². The van der Waals surface area contributed by atoms with Gasteiger partial charge >= 0.3 is 0 Å². The third kappa shape index (κ3) is 4.58. The molecule has 5 nitrogen and oxygen atoms in total. The van der Waals surface area contributed by atoms with Crippen molar-refractivity contribution >= 4 is 17.5 Å². The van der Waals surface area contributed by atoms with Gasteiger partial charge in [-0.1, -0.05) is 11.6 Å². The number of hydrogen-bond acceptors (Lipinski definition) is 5. The quantitative estimate of drug-likeness (QED) is 0.832. The first-order valence-corrected chi connectivity index (χ1v) is 7.04. The maximum Gasteiger partial charge on any atom is 0.224 e. The number of likely N-dealkylation sites (N-methyl/N-ethyl adjacent to an activating group) is 1. The molecule has 6 heteroatoms. The zero-order valence-corrected chi connectivity index (χ0v) is 13.2. The molecule has 0 bridgehead atoms. The highest BCUT2D eigenvalue weighted by Gasteiger charge is 2.06. The van der Waals surface area contributed by atoms with E-state index in [1.165, 1.54) is 0 Å². The van der Waals surface area contributed by atoms with Gasteiger partial charge in [-0.05, 0) is 38.4 Å². The number of rotatable bonds is 6. The smallest absolute Gasteiger partial charge is 0.224 e. The third-order valence-electron chi connectivity index (χ3n) is 2.92. The van der Waals surface area contributed by atoms with Crippen LogP contribution in [0.4, 0.5) is 5.95 Å². The van der Waals surface area contributed by atoms with Crippen molar-refractivity contribution in [2.45, 2.75) is 0 Å². The van der Waals surface area contributed by atoms with Crippen LogP contribution in [0, 0.1) is 0 Å². The molecule has 112 valence electrons. The molecule has 0 amide bonds. The molecule has 0 aliphatic heterocycles. The Hall–Kier alpha value is -1.85. The molecule has 0 saturated carbocycles. The maximum atomic E-state index is 6.07. The number of halogens is 1. The van der Waals surface area contributed by atoms with Crippen molar-refractivity contribution in [3.8, 4) is 17.0 Å². The van der Waals surface area contributed by atoms with Crippen molar-refractivity contribution in [3.63, 3.8) is 0 Å². The zero-order chi connectivity index (χ0) is 15.2. The minimum atomic E-state index is 0.420. The van der Waals surface area contributed by atoms with E-state index in [0.717, 1.165) is 30.1 Å². The van der Waals surface area contributed by atoms with Gasteiger partial charge in [0, 0.05) is 24.7 Å². The fourth-order valence-corrected chi connectivity index (χ4v) is 1.98. The molecule has 1 aromatic carbocycles. The number of nitrogens with one attached hydrogen (secondary N) is 1. The van der Waals surface area contributed by atoms with Gasteiger partial charge in [0.25, 0.3) is 0 Å². The summed E-state index contributed by atoms with van der Waals surface area (Å²) < 4.78 is 5.15. The summed E-state index contributed by atoms with van der Waals surface area (Å²) >= 11 is 6.07. The Morgan fingerprint density at radius 1 is 1.19 bits per heavy atom. The first-order valence-electron chi connectivity index (χ1n) is 6.66. The molecule has 0 saturated heterocycles. The Morgan fingerprint density at radius 3 is 2.52 bits per heavy atom. The summed E-state index contributed by atoms with van der Waals surface area (Å²) in [5.41, 5.74) is 1.75. The molecular formula is C15H19ClN4O. The van der Waals surface area contributed by atoms with E-state index in [1.54, 1.807) is 13.2 Å². The van der Waals surface area contributed by atoms with Crippen molar-refractivity contribution in [2.24, 2.45) is 0 Å². The average molecular weight is 307 g/mol. The van der Waals surface area contributed by atoms with Crippen LogP contribution < -0.4 is 10.1 Å². The van der Waals surface area contributed by atoms with Crippen LogP contribution >= 0.6 is 11.6 Å². The summed E-state index contributed by atoms with van der Waals surface area (Å²) in [6.07, 6.45) is 0. The molecule has 0 fully saturated rings. The van der Waals surface area contributed by atoms with Crippen LogP contribution in [0.1, 0.15) is 0 Å². The summed E-state index contributed by atoms with van der Waals surface area (Å²) in [4.78, 5) is 10.8. The molecule has 2 rings (SSSR count). The number of ether oxygens (including phenoxy) is 1. The molecule has 0 aliphatic carbocycles. The van der Waals surface area contributed by atoms with Gasteiger partial charge in [0.2, 0.25) is 5.95 Å². The zero-order valence-electron chi connectivity index (χ0n) is 12.4. The van der Waals surface area contributed by atoms with E-state index in [2.05, 4.69) is 20.2 Å². The number of methoxy groups -OCH3 is 1. The summed E-state index contributed by atoms with van der Waals surface area (Å²) in [5.74, 6) is 1.35. The second kappa shape index (κ2) is 7.24. The molecule has 21 heavy (non-hydrogen) atoms. The van der Waals surface area contributed by atoms with Crippen LogP contribution in [0.2, 0.25) is 5.15 Å². The van der Waals surface area contributed by atoms with E-state index >= 15 is 0 Å². The van der Waals surface area contributed by atoms with E-state index in [1.807, 2.05) is 38.4 Å². The van der Waals surface area contributed by atoms with Crippen molar-refractivity contribution in [1.82, 2.24) is 14.9 Å². The number of anilines is 1. The Morgan fingerprint density at radius 2 is 1.90 bits per heavy atom. The van der Waals surface area contributed by atoms with E-state index in [9.17, 15) is 0 Å². The summed E-state index contributed by atoms with van der Waals surface area (Å²) in [7, 11) is 5.68. The van der Waals surface area contributed by atoms with Crippen molar-refractivity contribution < 1.29 is 4.74 Å². The Labute approximate surface area is 129 Å². The van der Waals surface area contributed by atoms with Crippen molar-refractivity contribution in [3.05, 3.63) is 35.5 Å². The van der Waals surface area contributed by atoms with Gasteiger partial charge in [0.15, 0.2) is 0 Å². The van der Waals surface area contributed by atoms with Crippen LogP contribution in [-0.4, -0.2) is 49.2 Å². The van der Waals surface area contributed by atoms with Gasteiger partial charge in [0.05, 0.1) is 12.8 Å². The summed E-state index contributed by atoms with van der Waals surface area (Å²) in [6, 6.07) is 9.43. The first-order chi connectivity index (χ1) is 10.1. The summed E-state index contributed by atoms with van der Waals surface area (Å²) in [5, 5.41) is 3.60. The molecule has 0 unspecified atom stereocenters. The second-order valence-corrected chi connectivity index (χ2v) is 5.25. The number of benzene rings is 1. The Kier molecular flexibility index (Phi) is 5.36. The average Bonchev–Trinajstić information content (AvgIpc) is 2.46. The van der Waals surface area contributed by atoms with Crippen LogP contribution in [0.3, 0.4) is 0 Å². The lowest BCUT2D eigenvalue weighted by Gasteiger charge is -2.11. The number of hydrogen-bond donors (Lipinski definition) is 1. The van der Waals surface area contributed by atoms with E-state index in [-0.39, 0.29) is 0 Å². The van der Waals surface area contributed by atoms with Crippen LogP contribution in [0.15, 0.2) is 30.3 Å². The maximum absolute atomic E-state index is 6.07. The van der Waals surface area contributed by atoms with Gasteiger partial charge in [-0.2, -0.15) is 0 Å². The fourth-order valence-electron chi connectivity index (χ4n) is 1.80. The normalized spacial score (nSPS) is 10.7. The summed E-state index contributed by atoms with van der Waals surface area (Å²) in [6.45, 7) is 1.66. The monoisotopic (exact) mass is 306 g/mol. The highest BCUT2D eigenvalue weighted by molar-refractivity contribution is 6.29. The van der Waals surface area contributed by atoms with Crippen LogP contribution in [-0.2, 0) is 0 Å². The van der Waals surface area contributed by atoms with E-state index in [0.29, 0.717) is 11.1 Å². The number of nitrogens with zero attached hydrogens (tertiary/aromatic N) is 3. The van der Waals surface area contributed by atoms with E-state index < -0.39 is 0 Å².